The summed E-state index contributed by atoms with van der Waals surface area (Å²) in [6, 6.07) is 4.71. The number of hydrogen-bond acceptors (Lipinski definition) is 2. The molecule has 0 radical (unpaired) electrons. The minimum absolute atomic E-state index is 0.0851. The van der Waals surface area contributed by atoms with Crippen LogP contribution in [0.4, 0.5) is 4.39 Å². The van der Waals surface area contributed by atoms with Gasteiger partial charge in [-0.3, -0.25) is 0 Å². The maximum absolute atomic E-state index is 13.2. The van der Waals surface area contributed by atoms with E-state index < -0.39 is 0 Å². The van der Waals surface area contributed by atoms with Gasteiger partial charge in [-0.1, -0.05) is 0 Å². The molecule has 0 bridgehead atoms. The van der Waals surface area contributed by atoms with E-state index in [0.29, 0.717) is 6.42 Å². The summed E-state index contributed by atoms with van der Waals surface area (Å²) in [5.41, 5.74) is 5.29. The second-order valence-electron chi connectivity index (χ2n) is 4.59. The van der Waals surface area contributed by atoms with E-state index in [1.54, 1.807) is 6.07 Å². The number of hydrogen-bond donors (Lipinski definition) is 2. The Morgan fingerprint density at radius 2 is 1.94 bits per heavy atom. The standard InChI is InChI=1S/C14H14FNO2/c1-8-11(6-17)12(7-18)14-5-9-4-10(15)2-3-13(9)16(8)14/h2-4,17-18H,5-7H2,1H3. The first-order valence-corrected chi connectivity index (χ1v) is 5.89. The number of benzene rings is 1. The zero-order valence-electron chi connectivity index (χ0n) is 10.1. The van der Waals surface area contributed by atoms with Crippen LogP contribution < -0.4 is 0 Å². The zero-order chi connectivity index (χ0) is 12.9. The molecule has 3 rings (SSSR count). The van der Waals surface area contributed by atoms with Gasteiger partial charge in [0.25, 0.3) is 0 Å². The Kier molecular flexibility index (Phi) is 2.50. The maximum atomic E-state index is 13.2. The van der Waals surface area contributed by atoms with Gasteiger partial charge < -0.3 is 14.8 Å². The Hall–Kier alpha value is -1.65. The quantitative estimate of drug-likeness (QED) is 0.725. The van der Waals surface area contributed by atoms with Crippen molar-refractivity contribution in [1.82, 2.24) is 4.57 Å². The zero-order valence-corrected chi connectivity index (χ0v) is 10.1. The summed E-state index contributed by atoms with van der Waals surface area (Å²) in [5, 5.41) is 18.9. The first-order valence-electron chi connectivity index (χ1n) is 5.89. The van der Waals surface area contributed by atoms with Crippen molar-refractivity contribution in [3.05, 3.63) is 52.1 Å². The molecule has 18 heavy (non-hydrogen) atoms. The van der Waals surface area contributed by atoms with Crippen molar-refractivity contribution in [2.45, 2.75) is 26.6 Å². The van der Waals surface area contributed by atoms with E-state index in [2.05, 4.69) is 0 Å². The number of aliphatic hydroxyl groups is 2. The Bertz CT molecular complexity index is 631. The minimum atomic E-state index is -0.245. The Labute approximate surface area is 104 Å². The predicted octanol–water partition coefficient (Wildman–Crippen LogP) is 1.81. The Morgan fingerprint density at radius 1 is 1.22 bits per heavy atom. The first-order chi connectivity index (χ1) is 8.67. The van der Waals surface area contributed by atoms with Gasteiger partial charge in [-0.05, 0) is 30.7 Å². The van der Waals surface area contributed by atoms with E-state index in [-0.39, 0.29) is 19.0 Å². The average Bonchev–Trinajstić information content (AvgIpc) is 2.83. The van der Waals surface area contributed by atoms with Crippen molar-refractivity contribution < 1.29 is 14.6 Å². The molecule has 2 N–H and O–H groups in total. The predicted molar refractivity (Wildman–Crippen MR) is 65.1 cm³/mol. The molecule has 0 fully saturated rings. The third-order valence-electron chi connectivity index (χ3n) is 3.71. The molecular formula is C14H14FNO2. The molecule has 0 atom stereocenters. The largest absolute Gasteiger partial charge is 0.392 e. The summed E-state index contributed by atoms with van der Waals surface area (Å²) in [4.78, 5) is 0. The van der Waals surface area contributed by atoms with Gasteiger partial charge in [-0.2, -0.15) is 0 Å². The van der Waals surface area contributed by atoms with Crippen molar-refractivity contribution in [3.8, 4) is 5.69 Å². The van der Waals surface area contributed by atoms with E-state index in [1.807, 2.05) is 11.5 Å². The monoisotopic (exact) mass is 247 g/mol. The Morgan fingerprint density at radius 3 is 2.61 bits per heavy atom. The van der Waals surface area contributed by atoms with Crippen molar-refractivity contribution in [2.75, 3.05) is 0 Å². The van der Waals surface area contributed by atoms with Crippen molar-refractivity contribution >= 4 is 0 Å². The molecule has 1 aromatic carbocycles. The van der Waals surface area contributed by atoms with Crippen LogP contribution in [0.25, 0.3) is 5.69 Å². The van der Waals surface area contributed by atoms with Crippen LogP contribution in [0, 0.1) is 12.7 Å². The van der Waals surface area contributed by atoms with Crippen LogP contribution in [-0.2, 0) is 19.6 Å². The third-order valence-corrected chi connectivity index (χ3v) is 3.71. The van der Waals surface area contributed by atoms with Crippen LogP contribution in [0.3, 0.4) is 0 Å². The SMILES string of the molecule is Cc1c(CO)c(CO)c2n1-c1ccc(F)cc1C2. The second-order valence-corrected chi connectivity index (χ2v) is 4.59. The topological polar surface area (TPSA) is 45.4 Å². The molecule has 0 unspecified atom stereocenters. The fraction of sp³-hybridized carbons (Fsp3) is 0.286. The van der Waals surface area contributed by atoms with Crippen LogP contribution in [-0.4, -0.2) is 14.8 Å². The van der Waals surface area contributed by atoms with Crippen LogP contribution in [0.15, 0.2) is 18.2 Å². The summed E-state index contributed by atoms with van der Waals surface area (Å²) < 4.78 is 15.2. The van der Waals surface area contributed by atoms with Gasteiger partial charge in [-0.25, -0.2) is 4.39 Å². The molecule has 0 saturated carbocycles. The van der Waals surface area contributed by atoms with Gasteiger partial charge in [0.1, 0.15) is 5.82 Å². The van der Waals surface area contributed by atoms with Gasteiger partial charge in [0.2, 0.25) is 0 Å². The molecule has 0 amide bonds. The molecule has 1 aliphatic heterocycles. The van der Waals surface area contributed by atoms with Gasteiger partial charge in [0, 0.05) is 34.6 Å². The molecule has 1 aromatic heterocycles. The highest BCUT2D eigenvalue weighted by molar-refractivity contribution is 5.57. The van der Waals surface area contributed by atoms with Gasteiger partial charge in [0.15, 0.2) is 0 Å². The van der Waals surface area contributed by atoms with Crippen molar-refractivity contribution in [2.24, 2.45) is 0 Å². The third kappa shape index (κ3) is 1.36. The summed E-state index contributed by atoms with van der Waals surface area (Å²) in [5.74, 6) is -0.245. The average molecular weight is 247 g/mol. The van der Waals surface area contributed by atoms with E-state index in [0.717, 1.165) is 33.8 Å². The second kappa shape index (κ2) is 3.93. The van der Waals surface area contributed by atoms with Crippen LogP contribution >= 0.6 is 0 Å². The van der Waals surface area contributed by atoms with E-state index >= 15 is 0 Å². The van der Waals surface area contributed by atoms with E-state index in [1.165, 1.54) is 12.1 Å². The number of aromatic nitrogens is 1. The normalized spacial score (nSPS) is 12.7. The van der Waals surface area contributed by atoms with Crippen LogP contribution in [0.5, 0.6) is 0 Å². The summed E-state index contributed by atoms with van der Waals surface area (Å²) in [6.45, 7) is 1.72. The lowest BCUT2D eigenvalue weighted by Gasteiger charge is -2.06. The van der Waals surface area contributed by atoms with E-state index in [9.17, 15) is 14.6 Å². The Balaban J connectivity index is 2.27. The lowest BCUT2D eigenvalue weighted by Crippen LogP contribution is -1.97. The number of rotatable bonds is 2. The van der Waals surface area contributed by atoms with E-state index in [4.69, 9.17) is 0 Å². The van der Waals surface area contributed by atoms with Crippen LogP contribution in [0.2, 0.25) is 0 Å². The number of fused-ring (bicyclic) bond motifs is 3. The summed E-state index contributed by atoms with van der Waals surface area (Å²) in [7, 11) is 0. The summed E-state index contributed by atoms with van der Waals surface area (Å²) in [6.07, 6.45) is 0.601. The van der Waals surface area contributed by atoms with Crippen LogP contribution in [0.1, 0.15) is 28.1 Å². The minimum Gasteiger partial charge on any atom is -0.392 e. The fourth-order valence-electron chi connectivity index (χ4n) is 2.87. The van der Waals surface area contributed by atoms with Crippen molar-refractivity contribution in [1.29, 1.82) is 0 Å². The molecule has 0 spiro atoms. The van der Waals surface area contributed by atoms with Gasteiger partial charge in [-0.15, -0.1) is 0 Å². The molecule has 3 nitrogen and oxygen atoms in total. The number of aliphatic hydroxyl groups excluding tert-OH is 2. The number of nitrogens with zero attached hydrogens (tertiary/aromatic N) is 1. The lowest BCUT2D eigenvalue weighted by molar-refractivity contribution is 0.260. The molecule has 2 heterocycles. The maximum Gasteiger partial charge on any atom is 0.123 e. The molecule has 0 saturated heterocycles. The molecular weight excluding hydrogens is 233 g/mol. The molecule has 4 heteroatoms. The summed E-state index contributed by atoms with van der Waals surface area (Å²) >= 11 is 0. The molecule has 1 aliphatic rings. The fourth-order valence-corrected chi connectivity index (χ4v) is 2.87. The van der Waals surface area contributed by atoms with Crippen molar-refractivity contribution in [3.63, 3.8) is 0 Å². The highest BCUT2D eigenvalue weighted by Crippen LogP contribution is 2.36. The van der Waals surface area contributed by atoms with Gasteiger partial charge in [0.05, 0.1) is 13.2 Å². The first kappa shape index (κ1) is 11.4. The molecule has 2 aromatic rings. The molecule has 0 aliphatic carbocycles. The van der Waals surface area contributed by atoms with Gasteiger partial charge >= 0.3 is 0 Å². The highest BCUT2D eigenvalue weighted by atomic mass is 19.1. The number of halogens is 1. The lowest BCUT2D eigenvalue weighted by atomic mass is 10.0. The smallest absolute Gasteiger partial charge is 0.123 e. The highest BCUT2D eigenvalue weighted by Gasteiger charge is 2.27. The molecule has 94 valence electrons.